The Hall–Kier alpha value is -3.76. The molecule has 1 aliphatic heterocycles. The lowest BCUT2D eigenvalue weighted by Gasteiger charge is -2.39. The van der Waals surface area contributed by atoms with Gasteiger partial charge in [-0.25, -0.2) is 0 Å². The van der Waals surface area contributed by atoms with Crippen LogP contribution in [0.4, 0.5) is 0 Å². The molecule has 0 saturated carbocycles. The van der Waals surface area contributed by atoms with Crippen molar-refractivity contribution in [3.8, 4) is 5.75 Å². The third-order valence-electron chi connectivity index (χ3n) is 4.68. The van der Waals surface area contributed by atoms with Gasteiger partial charge in [-0.15, -0.1) is 0 Å². The number of benzene rings is 1. The number of carbonyl (C=O) groups excluding carboxylic acids is 3. The number of fused-ring (bicyclic) bond motifs is 1. The summed E-state index contributed by atoms with van der Waals surface area (Å²) in [6.07, 6.45) is -3.71. The van der Waals surface area contributed by atoms with Crippen LogP contribution in [0.3, 0.4) is 0 Å². The number of azide groups is 1. The highest BCUT2D eigenvalue weighted by atomic mass is 16.7. The van der Waals surface area contributed by atoms with Gasteiger partial charge in [0.2, 0.25) is 6.29 Å². The molecule has 4 atom stereocenters. The molecule has 0 radical (unpaired) electrons. The first-order valence-electron chi connectivity index (χ1n) is 10.1. The number of rotatable bonds is 8. The smallest absolute Gasteiger partial charge is 0.303 e. The van der Waals surface area contributed by atoms with E-state index in [2.05, 4.69) is 10.0 Å². The minimum absolute atomic E-state index is 0.0353. The Kier molecular flexibility index (Phi) is 7.75. The highest BCUT2D eigenvalue weighted by Crippen LogP contribution is 2.33. The minimum Gasteiger partial charge on any atom is -0.464 e. The fourth-order valence-electron chi connectivity index (χ4n) is 3.48. The molecule has 1 fully saturated rings. The molecule has 1 aliphatic rings. The van der Waals surface area contributed by atoms with Crippen LogP contribution >= 0.6 is 0 Å². The van der Waals surface area contributed by atoms with Gasteiger partial charge in [0.15, 0.2) is 6.10 Å². The first kappa shape index (κ1) is 23.9. The van der Waals surface area contributed by atoms with Gasteiger partial charge < -0.3 is 28.1 Å². The van der Waals surface area contributed by atoms with E-state index in [9.17, 15) is 14.4 Å². The summed E-state index contributed by atoms with van der Waals surface area (Å²) in [4.78, 5) is 37.3. The first-order chi connectivity index (χ1) is 15.8. The second kappa shape index (κ2) is 10.7. The van der Waals surface area contributed by atoms with E-state index in [1.165, 1.54) is 20.8 Å². The van der Waals surface area contributed by atoms with E-state index < -0.39 is 42.5 Å². The number of carbonyl (C=O) groups is 3. The van der Waals surface area contributed by atoms with Gasteiger partial charge >= 0.3 is 17.9 Å². The second-order valence-electron chi connectivity index (χ2n) is 7.25. The molecule has 2 aromatic rings. The van der Waals surface area contributed by atoms with Crippen molar-refractivity contribution in [1.29, 1.82) is 0 Å². The quantitative estimate of drug-likeness (QED) is 0.189. The fraction of sp³-hybridized carbons (Fsp3) is 0.476. The number of nitrogens with zero attached hydrogens (tertiary/aromatic N) is 3. The van der Waals surface area contributed by atoms with E-state index in [0.29, 0.717) is 22.5 Å². The predicted molar refractivity (Wildman–Crippen MR) is 111 cm³/mol. The van der Waals surface area contributed by atoms with Gasteiger partial charge in [-0.3, -0.25) is 14.4 Å². The van der Waals surface area contributed by atoms with Gasteiger partial charge in [0.1, 0.15) is 35.9 Å². The summed E-state index contributed by atoms with van der Waals surface area (Å²) in [6, 6.07) is 6.82. The van der Waals surface area contributed by atoms with Crippen LogP contribution in [0.5, 0.6) is 5.75 Å². The standard InChI is InChI=1S/C21H23N3O9/c1-11(25)28-10-19-21(30-13(3)27)18(29-12(2)26)8-20(33-19)32-17-6-4-5-16-15(17)7-14(31-16)9-23-24-22/h4-7,18-21H,8-10H2,1-3H3/t18-,19-,20-,21-/m1/s1. The zero-order valence-corrected chi connectivity index (χ0v) is 18.3. The number of ether oxygens (including phenoxy) is 5. The zero-order valence-electron chi connectivity index (χ0n) is 18.3. The third-order valence-corrected chi connectivity index (χ3v) is 4.68. The van der Waals surface area contributed by atoms with E-state index in [1.807, 2.05) is 0 Å². The minimum atomic E-state index is -0.995. The average molecular weight is 461 g/mol. The summed E-state index contributed by atoms with van der Waals surface area (Å²) in [5.74, 6) is -0.883. The van der Waals surface area contributed by atoms with Crippen molar-refractivity contribution in [2.24, 2.45) is 5.11 Å². The van der Waals surface area contributed by atoms with E-state index in [-0.39, 0.29) is 19.6 Å². The Morgan fingerprint density at radius 3 is 2.58 bits per heavy atom. The van der Waals surface area contributed by atoms with Crippen LogP contribution in [-0.4, -0.2) is 49.1 Å². The molecule has 0 aliphatic carbocycles. The fourth-order valence-corrected chi connectivity index (χ4v) is 3.48. The lowest BCUT2D eigenvalue weighted by Crippen LogP contribution is -2.54. The number of esters is 3. The molecule has 1 saturated heterocycles. The third kappa shape index (κ3) is 6.37. The first-order valence-corrected chi connectivity index (χ1v) is 10.1. The van der Waals surface area contributed by atoms with Gasteiger partial charge in [-0.1, -0.05) is 11.2 Å². The molecule has 1 aromatic heterocycles. The van der Waals surface area contributed by atoms with Crippen LogP contribution in [-0.2, 0) is 39.9 Å². The molecule has 0 unspecified atom stereocenters. The molecule has 0 spiro atoms. The van der Waals surface area contributed by atoms with Crippen molar-refractivity contribution < 1.29 is 42.5 Å². The molecular weight excluding hydrogens is 438 g/mol. The Balaban J connectivity index is 1.86. The molecule has 2 heterocycles. The highest BCUT2D eigenvalue weighted by molar-refractivity contribution is 5.84. The van der Waals surface area contributed by atoms with E-state index >= 15 is 0 Å². The summed E-state index contributed by atoms with van der Waals surface area (Å²) >= 11 is 0. The normalized spacial score (nSPS) is 22.2. The molecule has 0 amide bonds. The number of hydrogen-bond donors (Lipinski definition) is 0. The second-order valence-corrected chi connectivity index (χ2v) is 7.25. The van der Waals surface area contributed by atoms with Crippen LogP contribution in [0.15, 0.2) is 33.8 Å². The maximum Gasteiger partial charge on any atom is 0.303 e. The maximum atomic E-state index is 11.7. The van der Waals surface area contributed by atoms with Crippen molar-refractivity contribution in [2.75, 3.05) is 6.61 Å². The summed E-state index contributed by atoms with van der Waals surface area (Å²) in [5, 5.41) is 4.10. The largest absolute Gasteiger partial charge is 0.464 e. The average Bonchev–Trinajstić information content (AvgIpc) is 3.16. The zero-order chi connectivity index (χ0) is 24.0. The number of hydrogen-bond acceptors (Lipinski definition) is 10. The Bertz CT molecular complexity index is 1080. The lowest BCUT2D eigenvalue weighted by atomic mass is 10.0. The SMILES string of the molecule is CC(=O)OC[C@H]1O[C@@H](Oc2cccc3oc(CN=[N+]=[N-])cc23)C[C@@H](OC(C)=O)[C@H]1OC(C)=O. The monoisotopic (exact) mass is 461 g/mol. The van der Waals surface area contributed by atoms with Gasteiger partial charge in [-0.05, 0) is 23.7 Å². The molecular formula is C21H23N3O9. The van der Waals surface area contributed by atoms with Crippen LogP contribution in [0.2, 0.25) is 0 Å². The van der Waals surface area contributed by atoms with Crippen molar-refractivity contribution in [1.82, 2.24) is 0 Å². The molecule has 12 heteroatoms. The van der Waals surface area contributed by atoms with Crippen molar-refractivity contribution in [3.63, 3.8) is 0 Å². The van der Waals surface area contributed by atoms with Crippen molar-refractivity contribution in [2.45, 2.75) is 58.3 Å². The molecule has 0 N–H and O–H groups in total. The summed E-state index contributed by atoms with van der Waals surface area (Å²) in [5.41, 5.74) is 9.03. The van der Waals surface area contributed by atoms with Gasteiger partial charge in [0.25, 0.3) is 0 Å². The molecule has 12 nitrogen and oxygen atoms in total. The topological polar surface area (TPSA) is 159 Å². The Morgan fingerprint density at radius 2 is 1.91 bits per heavy atom. The summed E-state index contributed by atoms with van der Waals surface area (Å²) < 4.78 is 33.3. The van der Waals surface area contributed by atoms with Gasteiger partial charge in [0, 0.05) is 25.7 Å². The van der Waals surface area contributed by atoms with Crippen LogP contribution < -0.4 is 4.74 Å². The van der Waals surface area contributed by atoms with E-state index in [1.54, 1.807) is 24.3 Å². The molecule has 33 heavy (non-hydrogen) atoms. The van der Waals surface area contributed by atoms with Crippen LogP contribution in [0.1, 0.15) is 33.0 Å². The molecule has 176 valence electrons. The Labute approximate surface area is 188 Å². The molecule has 1 aromatic carbocycles. The van der Waals surface area contributed by atoms with E-state index in [0.717, 1.165) is 0 Å². The van der Waals surface area contributed by atoms with Crippen LogP contribution in [0, 0.1) is 0 Å². The van der Waals surface area contributed by atoms with Crippen molar-refractivity contribution >= 4 is 28.9 Å². The van der Waals surface area contributed by atoms with Gasteiger partial charge in [0.05, 0.1) is 18.4 Å². The van der Waals surface area contributed by atoms with E-state index in [4.69, 9.17) is 33.6 Å². The lowest BCUT2D eigenvalue weighted by molar-refractivity contribution is -0.245. The highest BCUT2D eigenvalue weighted by Gasteiger charge is 2.44. The predicted octanol–water partition coefficient (Wildman–Crippen LogP) is 3.16. The van der Waals surface area contributed by atoms with Gasteiger partial charge in [-0.2, -0.15) is 0 Å². The van der Waals surface area contributed by atoms with Crippen molar-refractivity contribution in [3.05, 3.63) is 40.5 Å². The molecule has 0 bridgehead atoms. The molecule has 3 rings (SSSR count). The summed E-state index contributed by atoms with van der Waals surface area (Å²) in [6.45, 7) is 3.47. The van der Waals surface area contributed by atoms with Crippen LogP contribution in [0.25, 0.3) is 21.4 Å². The Morgan fingerprint density at radius 1 is 1.15 bits per heavy atom. The maximum absolute atomic E-state index is 11.7. The number of furan rings is 1. The summed E-state index contributed by atoms with van der Waals surface area (Å²) in [7, 11) is 0.